The minimum atomic E-state index is -0.569. The molecule has 7 heteroatoms. The second-order valence-electron chi connectivity index (χ2n) is 7.06. The average Bonchev–Trinajstić information content (AvgIpc) is 2.65. The number of carbonyl (C=O) groups is 3. The molecule has 0 aliphatic carbocycles. The summed E-state index contributed by atoms with van der Waals surface area (Å²) < 4.78 is 0.805. The van der Waals surface area contributed by atoms with Crippen molar-refractivity contribution in [2.45, 2.75) is 25.9 Å². The molecule has 0 radical (unpaired) electrons. The minimum absolute atomic E-state index is 0.111. The molecule has 3 rings (SSSR count). The second kappa shape index (κ2) is 8.14. The van der Waals surface area contributed by atoms with Gasteiger partial charge in [-0.25, -0.2) is 0 Å². The number of rotatable bonds is 3. The molecule has 146 valence electrons. The second-order valence-corrected chi connectivity index (χ2v) is 7.98. The summed E-state index contributed by atoms with van der Waals surface area (Å²) in [4.78, 5) is 40.5. The Morgan fingerprint density at radius 1 is 1.11 bits per heavy atom. The Bertz CT molecular complexity index is 942. The molecule has 1 aliphatic heterocycles. The van der Waals surface area contributed by atoms with Crippen LogP contribution in [0.5, 0.6) is 0 Å². The number of amides is 3. The lowest BCUT2D eigenvalue weighted by Gasteiger charge is -2.37. The predicted octanol–water partition coefficient (Wildman–Crippen LogP) is 3.06. The molecule has 0 spiro atoms. The van der Waals surface area contributed by atoms with Crippen LogP contribution in [0, 0.1) is 0 Å². The van der Waals surface area contributed by atoms with Crippen molar-refractivity contribution in [1.29, 1.82) is 0 Å². The van der Waals surface area contributed by atoms with E-state index in [2.05, 4.69) is 21.2 Å². The number of fused-ring (bicyclic) bond motifs is 1. The number of halogens is 1. The van der Waals surface area contributed by atoms with E-state index in [1.807, 2.05) is 24.3 Å². The SMILES string of the molecule is CC(=O)Nc1ccc2c(c1)CN(C(=O)c1cccc(Br)c1)[C@H](C(=O)N(C)C)C2. The molecule has 2 aromatic rings. The van der Waals surface area contributed by atoms with Gasteiger partial charge in [0, 0.05) is 49.7 Å². The van der Waals surface area contributed by atoms with E-state index in [0.29, 0.717) is 24.2 Å². The highest BCUT2D eigenvalue weighted by molar-refractivity contribution is 9.10. The monoisotopic (exact) mass is 443 g/mol. The maximum Gasteiger partial charge on any atom is 0.254 e. The van der Waals surface area contributed by atoms with Gasteiger partial charge < -0.3 is 15.1 Å². The van der Waals surface area contributed by atoms with Crippen LogP contribution < -0.4 is 5.32 Å². The molecule has 0 saturated carbocycles. The van der Waals surface area contributed by atoms with Gasteiger partial charge >= 0.3 is 0 Å². The fraction of sp³-hybridized carbons (Fsp3) is 0.286. The standard InChI is InChI=1S/C21H22BrN3O3/c1-13(26)23-18-8-7-14-11-19(21(28)24(2)3)25(12-16(14)10-18)20(27)15-5-4-6-17(22)9-15/h4-10,19H,11-12H2,1-3H3,(H,23,26)/t19-/m0/s1. The molecule has 0 saturated heterocycles. The van der Waals surface area contributed by atoms with Gasteiger partial charge in [0.25, 0.3) is 5.91 Å². The summed E-state index contributed by atoms with van der Waals surface area (Å²) in [5.74, 6) is -0.462. The summed E-state index contributed by atoms with van der Waals surface area (Å²) in [5, 5.41) is 2.77. The van der Waals surface area contributed by atoms with Gasteiger partial charge in [-0.3, -0.25) is 14.4 Å². The Labute approximate surface area is 172 Å². The van der Waals surface area contributed by atoms with Gasteiger partial charge in [-0.1, -0.05) is 28.1 Å². The largest absolute Gasteiger partial charge is 0.347 e. The van der Waals surface area contributed by atoms with Crippen molar-refractivity contribution < 1.29 is 14.4 Å². The molecular formula is C21H22BrN3O3. The van der Waals surface area contributed by atoms with Crippen LogP contribution in [0.15, 0.2) is 46.9 Å². The molecule has 0 bridgehead atoms. The minimum Gasteiger partial charge on any atom is -0.347 e. The zero-order valence-electron chi connectivity index (χ0n) is 16.0. The molecular weight excluding hydrogens is 422 g/mol. The van der Waals surface area contributed by atoms with Crippen molar-refractivity contribution >= 4 is 39.3 Å². The Hall–Kier alpha value is -2.67. The normalized spacial score (nSPS) is 15.6. The topological polar surface area (TPSA) is 69.7 Å². The third-order valence-electron chi connectivity index (χ3n) is 4.72. The number of hydrogen-bond acceptors (Lipinski definition) is 3. The van der Waals surface area contributed by atoms with E-state index in [1.54, 1.807) is 37.2 Å². The van der Waals surface area contributed by atoms with Gasteiger partial charge in [-0.2, -0.15) is 0 Å². The van der Waals surface area contributed by atoms with Crippen LogP contribution in [0.1, 0.15) is 28.4 Å². The first-order chi connectivity index (χ1) is 13.3. The van der Waals surface area contributed by atoms with Gasteiger partial charge in [0.05, 0.1) is 0 Å². The highest BCUT2D eigenvalue weighted by Gasteiger charge is 2.36. The third kappa shape index (κ3) is 4.25. The summed E-state index contributed by atoms with van der Waals surface area (Å²) in [6, 6.07) is 12.2. The van der Waals surface area contributed by atoms with Gasteiger partial charge in [-0.15, -0.1) is 0 Å². The molecule has 28 heavy (non-hydrogen) atoms. The highest BCUT2D eigenvalue weighted by Crippen LogP contribution is 2.28. The first-order valence-electron chi connectivity index (χ1n) is 8.93. The lowest BCUT2D eigenvalue weighted by atomic mass is 9.92. The lowest BCUT2D eigenvalue weighted by Crippen LogP contribution is -2.52. The van der Waals surface area contributed by atoms with Crippen LogP contribution in [0.25, 0.3) is 0 Å². The van der Waals surface area contributed by atoms with E-state index in [4.69, 9.17) is 0 Å². The molecule has 0 aromatic heterocycles. The summed E-state index contributed by atoms with van der Waals surface area (Å²) in [7, 11) is 3.39. The molecule has 3 amide bonds. The van der Waals surface area contributed by atoms with Crippen molar-refractivity contribution in [2.75, 3.05) is 19.4 Å². The first kappa shape index (κ1) is 20.1. The van der Waals surface area contributed by atoms with Crippen LogP contribution in [0.4, 0.5) is 5.69 Å². The van der Waals surface area contributed by atoms with Crippen molar-refractivity contribution in [3.05, 3.63) is 63.6 Å². The Balaban J connectivity index is 1.99. The number of anilines is 1. The van der Waals surface area contributed by atoms with Crippen LogP contribution in [-0.2, 0) is 22.6 Å². The number of nitrogens with zero attached hydrogens (tertiary/aromatic N) is 2. The number of likely N-dealkylation sites (N-methyl/N-ethyl adjacent to an activating group) is 1. The van der Waals surface area contributed by atoms with E-state index < -0.39 is 6.04 Å². The molecule has 1 N–H and O–H groups in total. The predicted molar refractivity (Wildman–Crippen MR) is 111 cm³/mol. The summed E-state index contributed by atoms with van der Waals surface area (Å²) in [6.45, 7) is 1.76. The summed E-state index contributed by atoms with van der Waals surface area (Å²) in [5.41, 5.74) is 3.14. The summed E-state index contributed by atoms with van der Waals surface area (Å²) >= 11 is 3.39. The average molecular weight is 444 g/mol. The first-order valence-corrected chi connectivity index (χ1v) is 9.72. The zero-order valence-corrected chi connectivity index (χ0v) is 17.6. The van der Waals surface area contributed by atoms with Crippen LogP contribution in [0.3, 0.4) is 0 Å². The zero-order chi connectivity index (χ0) is 20.4. The van der Waals surface area contributed by atoms with Gasteiger partial charge in [0.2, 0.25) is 11.8 Å². The van der Waals surface area contributed by atoms with Gasteiger partial charge in [-0.05, 0) is 41.5 Å². The lowest BCUT2D eigenvalue weighted by molar-refractivity contribution is -0.134. The van der Waals surface area contributed by atoms with Crippen LogP contribution in [0.2, 0.25) is 0 Å². The molecule has 2 aromatic carbocycles. The van der Waals surface area contributed by atoms with E-state index in [-0.39, 0.29) is 17.7 Å². The van der Waals surface area contributed by atoms with Crippen molar-refractivity contribution in [2.24, 2.45) is 0 Å². The van der Waals surface area contributed by atoms with Crippen molar-refractivity contribution in [1.82, 2.24) is 9.80 Å². The molecule has 6 nitrogen and oxygen atoms in total. The van der Waals surface area contributed by atoms with Crippen LogP contribution >= 0.6 is 15.9 Å². The number of nitrogens with one attached hydrogen (secondary N) is 1. The fourth-order valence-electron chi connectivity index (χ4n) is 3.38. The van der Waals surface area contributed by atoms with E-state index in [9.17, 15) is 14.4 Å². The molecule has 1 atom stereocenters. The number of carbonyl (C=O) groups excluding carboxylic acids is 3. The van der Waals surface area contributed by atoms with Crippen molar-refractivity contribution in [3.8, 4) is 0 Å². The maximum absolute atomic E-state index is 13.2. The summed E-state index contributed by atoms with van der Waals surface area (Å²) in [6.07, 6.45) is 0.437. The smallest absolute Gasteiger partial charge is 0.254 e. The highest BCUT2D eigenvalue weighted by atomic mass is 79.9. The fourth-order valence-corrected chi connectivity index (χ4v) is 3.78. The Kier molecular flexibility index (Phi) is 5.84. The molecule has 1 aliphatic rings. The molecule has 1 heterocycles. The molecule has 0 unspecified atom stereocenters. The quantitative estimate of drug-likeness (QED) is 0.792. The third-order valence-corrected chi connectivity index (χ3v) is 5.21. The maximum atomic E-state index is 13.2. The Morgan fingerprint density at radius 3 is 2.50 bits per heavy atom. The van der Waals surface area contributed by atoms with E-state index >= 15 is 0 Å². The molecule has 0 fully saturated rings. The number of benzene rings is 2. The van der Waals surface area contributed by atoms with Gasteiger partial charge in [0.15, 0.2) is 0 Å². The van der Waals surface area contributed by atoms with E-state index in [0.717, 1.165) is 15.6 Å². The number of hydrogen-bond donors (Lipinski definition) is 1. The van der Waals surface area contributed by atoms with Gasteiger partial charge in [0.1, 0.15) is 6.04 Å². The Morgan fingerprint density at radius 2 is 1.86 bits per heavy atom. The van der Waals surface area contributed by atoms with Crippen molar-refractivity contribution in [3.63, 3.8) is 0 Å². The van der Waals surface area contributed by atoms with E-state index in [1.165, 1.54) is 11.8 Å². The van der Waals surface area contributed by atoms with Crippen LogP contribution in [-0.4, -0.2) is 47.7 Å².